The molecule has 24 heavy (non-hydrogen) atoms. The van der Waals surface area contributed by atoms with Gasteiger partial charge in [-0.25, -0.2) is 9.98 Å². The fraction of sp³-hybridized carbons (Fsp3) is 0.471. The molecule has 1 aromatic carbocycles. The maximum atomic E-state index is 7.36. The summed E-state index contributed by atoms with van der Waals surface area (Å²) in [5.74, 6) is 0.929. The minimum Gasteiger partial charge on any atom is -0.374 e. The van der Waals surface area contributed by atoms with Gasteiger partial charge in [0.25, 0.3) is 0 Å². The van der Waals surface area contributed by atoms with Crippen LogP contribution in [0, 0.1) is 5.41 Å². The maximum absolute atomic E-state index is 7.36. The molecule has 0 radical (unpaired) electrons. The van der Waals surface area contributed by atoms with E-state index in [1.807, 2.05) is 18.2 Å². The molecule has 1 saturated carbocycles. The molecule has 7 heteroatoms. The number of nitrogens with zero attached hydrogens (tertiary/aromatic N) is 3. The fourth-order valence-electron chi connectivity index (χ4n) is 3.08. The molecule has 4 N–H and O–H groups in total. The van der Waals surface area contributed by atoms with Crippen molar-refractivity contribution in [3.63, 3.8) is 0 Å². The molecule has 0 unspecified atom stereocenters. The number of nitrogens with one attached hydrogen (secondary N) is 2. The lowest BCUT2D eigenvalue weighted by atomic mass is 9.87. The minimum absolute atomic E-state index is 0.223. The van der Waals surface area contributed by atoms with Crippen LogP contribution in [0.1, 0.15) is 31.2 Å². The van der Waals surface area contributed by atoms with Crippen molar-refractivity contribution in [1.82, 2.24) is 10.2 Å². The maximum Gasteiger partial charge on any atom is 0.208 e. The van der Waals surface area contributed by atoms with Crippen molar-refractivity contribution >= 4 is 18.3 Å². The van der Waals surface area contributed by atoms with Crippen molar-refractivity contribution < 1.29 is 4.74 Å². The van der Waals surface area contributed by atoms with Gasteiger partial charge < -0.3 is 15.4 Å². The number of rotatable bonds is 4. The molecule has 0 amide bonds. The van der Waals surface area contributed by atoms with Gasteiger partial charge >= 0.3 is 0 Å². The first-order valence-electron chi connectivity index (χ1n) is 8.21. The molecule has 7 nitrogen and oxygen atoms in total. The van der Waals surface area contributed by atoms with Crippen molar-refractivity contribution in [3.8, 4) is 0 Å². The molecule has 1 fully saturated rings. The Bertz CT molecular complexity index is 634. The van der Waals surface area contributed by atoms with Gasteiger partial charge in [-0.3, -0.25) is 10.7 Å². The second-order valence-electron chi connectivity index (χ2n) is 6.28. The van der Waals surface area contributed by atoms with Crippen molar-refractivity contribution in [2.45, 2.75) is 44.1 Å². The molecular weight excluding hydrogens is 304 g/mol. The summed E-state index contributed by atoms with van der Waals surface area (Å²) in [6.45, 7) is 0.635. The van der Waals surface area contributed by atoms with Crippen LogP contribution in [0.4, 0.5) is 0 Å². The summed E-state index contributed by atoms with van der Waals surface area (Å²) in [5, 5.41) is 10.3. The Kier molecular flexibility index (Phi) is 4.80. The van der Waals surface area contributed by atoms with Crippen molar-refractivity contribution in [2.75, 3.05) is 7.05 Å². The highest BCUT2D eigenvalue weighted by Gasteiger charge is 2.38. The SMILES string of the molecule is CN(C=N)C1=NC2(CCC(OCc3ccccc3)CC2)N=C(N)N1. The van der Waals surface area contributed by atoms with E-state index >= 15 is 0 Å². The zero-order valence-corrected chi connectivity index (χ0v) is 13.9. The van der Waals surface area contributed by atoms with Crippen LogP contribution in [0.5, 0.6) is 0 Å². The predicted molar refractivity (Wildman–Crippen MR) is 95.0 cm³/mol. The topological polar surface area (TPSA) is 99.1 Å². The van der Waals surface area contributed by atoms with Crippen LogP contribution in [0.3, 0.4) is 0 Å². The molecule has 0 bridgehead atoms. The molecule has 1 aliphatic carbocycles. The number of ether oxygens (including phenoxy) is 1. The summed E-state index contributed by atoms with van der Waals surface area (Å²) in [6.07, 6.45) is 4.81. The zero-order valence-electron chi connectivity index (χ0n) is 13.9. The van der Waals surface area contributed by atoms with Crippen molar-refractivity contribution in [3.05, 3.63) is 35.9 Å². The summed E-state index contributed by atoms with van der Waals surface area (Å²) in [6, 6.07) is 10.2. The highest BCUT2D eigenvalue weighted by Crippen LogP contribution is 2.35. The van der Waals surface area contributed by atoms with Crippen LogP contribution in [-0.2, 0) is 11.3 Å². The quantitative estimate of drug-likeness (QED) is 0.578. The number of guanidine groups is 2. The molecule has 1 spiro atoms. The molecule has 0 saturated heterocycles. The summed E-state index contributed by atoms with van der Waals surface area (Å²) in [4.78, 5) is 10.8. The van der Waals surface area contributed by atoms with E-state index in [1.54, 1.807) is 11.9 Å². The van der Waals surface area contributed by atoms with E-state index < -0.39 is 5.66 Å². The first-order chi connectivity index (χ1) is 11.6. The van der Waals surface area contributed by atoms with Gasteiger partial charge in [0.05, 0.1) is 19.0 Å². The number of aliphatic imine (C=N–C) groups is 2. The molecule has 128 valence electrons. The molecule has 1 heterocycles. The van der Waals surface area contributed by atoms with Gasteiger partial charge in [-0.2, -0.15) is 0 Å². The Balaban J connectivity index is 1.60. The molecule has 1 aliphatic heterocycles. The lowest BCUT2D eigenvalue weighted by Gasteiger charge is -2.37. The Labute approximate surface area is 142 Å². The lowest BCUT2D eigenvalue weighted by Crippen LogP contribution is -2.52. The van der Waals surface area contributed by atoms with E-state index in [4.69, 9.17) is 20.9 Å². The first kappa shape index (κ1) is 16.4. The Morgan fingerprint density at radius 2 is 2.04 bits per heavy atom. The average Bonchev–Trinajstić information content (AvgIpc) is 2.61. The molecule has 3 rings (SSSR count). The molecule has 1 aromatic rings. The van der Waals surface area contributed by atoms with Crippen molar-refractivity contribution in [2.24, 2.45) is 15.7 Å². The van der Waals surface area contributed by atoms with Gasteiger partial charge in [-0.05, 0) is 31.2 Å². The second kappa shape index (κ2) is 7.00. The van der Waals surface area contributed by atoms with E-state index in [0.29, 0.717) is 18.5 Å². The third-order valence-corrected chi connectivity index (χ3v) is 4.47. The number of hydrogen-bond donors (Lipinski definition) is 3. The Morgan fingerprint density at radius 3 is 2.71 bits per heavy atom. The fourth-order valence-corrected chi connectivity index (χ4v) is 3.08. The normalized spacial score (nSPS) is 26.3. The molecule has 0 atom stereocenters. The monoisotopic (exact) mass is 328 g/mol. The summed E-state index contributed by atoms with van der Waals surface area (Å²) < 4.78 is 6.03. The van der Waals surface area contributed by atoms with Crippen molar-refractivity contribution in [1.29, 1.82) is 5.41 Å². The van der Waals surface area contributed by atoms with E-state index in [1.165, 1.54) is 11.9 Å². The van der Waals surface area contributed by atoms with E-state index in [2.05, 4.69) is 22.4 Å². The average molecular weight is 328 g/mol. The molecule has 0 aromatic heterocycles. The van der Waals surface area contributed by atoms with E-state index in [9.17, 15) is 0 Å². The van der Waals surface area contributed by atoms with Crippen LogP contribution in [0.15, 0.2) is 40.3 Å². The highest BCUT2D eigenvalue weighted by atomic mass is 16.5. The second-order valence-corrected chi connectivity index (χ2v) is 6.28. The van der Waals surface area contributed by atoms with Crippen LogP contribution < -0.4 is 11.1 Å². The molecule has 2 aliphatic rings. The van der Waals surface area contributed by atoms with Crippen LogP contribution in [0.2, 0.25) is 0 Å². The van der Waals surface area contributed by atoms with E-state index in [-0.39, 0.29) is 6.10 Å². The summed E-state index contributed by atoms with van der Waals surface area (Å²) in [5.41, 5.74) is 6.59. The predicted octanol–water partition coefficient (Wildman–Crippen LogP) is 1.65. The summed E-state index contributed by atoms with van der Waals surface area (Å²) in [7, 11) is 1.76. The van der Waals surface area contributed by atoms with Gasteiger partial charge in [0.1, 0.15) is 0 Å². The van der Waals surface area contributed by atoms with Gasteiger partial charge in [-0.15, -0.1) is 0 Å². The Hall–Kier alpha value is -2.41. The summed E-state index contributed by atoms with van der Waals surface area (Å²) >= 11 is 0. The van der Waals surface area contributed by atoms with Gasteiger partial charge in [0, 0.05) is 7.05 Å². The van der Waals surface area contributed by atoms with Crippen LogP contribution >= 0.6 is 0 Å². The highest BCUT2D eigenvalue weighted by molar-refractivity contribution is 6.03. The minimum atomic E-state index is -0.519. The standard InChI is InChI=1S/C17H24N6O/c1-23(12-18)16-20-15(19)21-17(22-16)9-7-14(8-10-17)24-11-13-5-3-2-4-6-13/h2-6,12,14,18H,7-11H2,1H3,(H3,19,20,21,22). The smallest absolute Gasteiger partial charge is 0.208 e. The van der Waals surface area contributed by atoms with Crippen LogP contribution in [-0.4, -0.2) is 42.0 Å². The number of benzene rings is 1. The van der Waals surface area contributed by atoms with Gasteiger partial charge in [-0.1, -0.05) is 30.3 Å². The third kappa shape index (κ3) is 3.73. The molecular formula is C17H24N6O. The Morgan fingerprint density at radius 1 is 1.33 bits per heavy atom. The van der Waals surface area contributed by atoms with Crippen LogP contribution in [0.25, 0.3) is 0 Å². The van der Waals surface area contributed by atoms with Gasteiger partial charge in [0.2, 0.25) is 5.96 Å². The van der Waals surface area contributed by atoms with E-state index in [0.717, 1.165) is 25.7 Å². The first-order valence-corrected chi connectivity index (χ1v) is 8.21. The largest absolute Gasteiger partial charge is 0.374 e. The number of hydrogen-bond acceptors (Lipinski definition) is 6. The lowest BCUT2D eigenvalue weighted by molar-refractivity contribution is 0.00369. The third-order valence-electron chi connectivity index (χ3n) is 4.47. The zero-order chi connectivity index (χ0) is 17.0. The number of nitrogens with two attached hydrogens (primary N) is 1. The van der Waals surface area contributed by atoms with Gasteiger partial charge in [0.15, 0.2) is 11.6 Å².